The number of aromatic nitrogens is 2. The van der Waals surface area contributed by atoms with Gasteiger partial charge in [0.2, 0.25) is 5.91 Å². The SMILES string of the molecule is CCC(CC)NC(=O)CN(c1cnn(C)c1)C(C)C. The van der Waals surface area contributed by atoms with Crippen LogP contribution in [-0.4, -0.2) is 34.3 Å². The fourth-order valence-electron chi connectivity index (χ4n) is 2.05. The summed E-state index contributed by atoms with van der Waals surface area (Å²) in [5, 5.41) is 7.23. The highest BCUT2D eigenvalue weighted by molar-refractivity contribution is 5.81. The zero-order valence-corrected chi connectivity index (χ0v) is 12.7. The van der Waals surface area contributed by atoms with Crippen LogP contribution in [0, 0.1) is 0 Å². The molecule has 1 rings (SSSR count). The van der Waals surface area contributed by atoms with Crippen LogP contribution >= 0.6 is 0 Å². The van der Waals surface area contributed by atoms with Crippen molar-refractivity contribution in [3.05, 3.63) is 12.4 Å². The maximum absolute atomic E-state index is 12.1. The smallest absolute Gasteiger partial charge is 0.239 e. The van der Waals surface area contributed by atoms with Gasteiger partial charge in [0.05, 0.1) is 18.4 Å². The fourth-order valence-corrected chi connectivity index (χ4v) is 2.05. The van der Waals surface area contributed by atoms with E-state index in [2.05, 4.69) is 43.0 Å². The van der Waals surface area contributed by atoms with Gasteiger partial charge in [0.15, 0.2) is 0 Å². The summed E-state index contributed by atoms with van der Waals surface area (Å²) in [5.41, 5.74) is 0.984. The maximum Gasteiger partial charge on any atom is 0.239 e. The number of nitrogens with one attached hydrogen (secondary N) is 1. The summed E-state index contributed by atoms with van der Waals surface area (Å²) in [4.78, 5) is 14.1. The molecule has 0 aliphatic heterocycles. The number of amides is 1. The minimum atomic E-state index is 0.0752. The molecule has 0 aromatic carbocycles. The predicted octanol–water partition coefficient (Wildman–Crippen LogP) is 1.94. The molecule has 0 unspecified atom stereocenters. The van der Waals surface area contributed by atoms with Gasteiger partial charge in [-0.25, -0.2) is 0 Å². The predicted molar refractivity (Wildman–Crippen MR) is 78.2 cm³/mol. The Morgan fingerprint density at radius 3 is 2.47 bits per heavy atom. The van der Waals surface area contributed by atoms with Crippen LogP contribution in [0.15, 0.2) is 12.4 Å². The van der Waals surface area contributed by atoms with Gasteiger partial charge in [0.25, 0.3) is 0 Å². The normalized spacial score (nSPS) is 11.1. The van der Waals surface area contributed by atoms with Gasteiger partial charge in [-0.15, -0.1) is 0 Å². The molecule has 0 atom stereocenters. The topological polar surface area (TPSA) is 50.2 Å². The van der Waals surface area contributed by atoms with E-state index in [1.165, 1.54) is 0 Å². The lowest BCUT2D eigenvalue weighted by Crippen LogP contribution is -2.44. The number of nitrogens with zero attached hydrogens (tertiary/aromatic N) is 3. The molecule has 0 aliphatic carbocycles. The number of hydrogen-bond donors (Lipinski definition) is 1. The number of hydrogen-bond acceptors (Lipinski definition) is 3. The average molecular weight is 266 g/mol. The van der Waals surface area contributed by atoms with E-state index in [1.807, 2.05) is 13.2 Å². The molecule has 0 bridgehead atoms. The van der Waals surface area contributed by atoms with E-state index in [4.69, 9.17) is 0 Å². The Morgan fingerprint density at radius 1 is 1.42 bits per heavy atom. The average Bonchev–Trinajstić information content (AvgIpc) is 2.79. The Kier molecular flexibility index (Phi) is 5.86. The molecule has 5 heteroatoms. The van der Waals surface area contributed by atoms with Crippen LogP contribution in [0.5, 0.6) is 0 Å². The van der Waals surface area contributed by atoms with Gasteiger partial charge in [-0.3, -0.25) is 9.48 Å². The zero-order valence-electron chi connectivity index (χ0n) is 12.7. The van der Waals surface area contributed by atoms with Crippen LogP contribution in [0.1, 0.15) is 40.5 Å². The first-order chi connectivity index (χ1) is 8.97. The van der Waals surface area contributed by atoms with Crippen molar-refractivity contribution in [3.8, 4) is 0 Å². The molecule has 1 amide bonds. The molecule has 0 saturated heterocycles. The lowest BCUT2D eigenvalue weighted by Gasteiger charge is -2.27. The summed E-state index contributed by atoms with van der Waals surface area (Å²) in [6, 6.07) is 0.534. The highest BCUT2D eigenvalue weighted by Crippen LogP contribution is 2.15. The monoisotopic (exact) mass is 266 g/mol. The molecule has 0 saturated carbocycles. The van der Waals surface area contributed by atoms with Gasteiger partial charge in [-0.1, -0.05) is 13.8 Å². The van der Waals surface area contributed by atoms with Crippen LogP contribution < -0.4 is 10.2 Å². The van der Waals surface area contributed by atoms with Crippen LogP contribution in [0.4, 0.5) is 5.69 Å². The van der Waals surface area contributed by atoms with E-state index in [9.17, 15) is 4.79 Å². The number of rotatable bonds is 7. The number of carbonyl (C=O) groups excluding carboxylic acids is 1. The van der Waals surface area contributed by atoms with Crippen LogP contribution in [0.25, 0.3) is 0 Å². The highest BCUT2D eigenvalue weighted by atomic mass is 16.2. The Morgan fingerprint density at radius 2 is 2.05 bits per heavy atom. The van der Waals surface area contributed by atoms with Gasteiger partial charge in [-0.2, -0.15) is 5.10 Å². The van der Waals surface area contributed by atoms with Crippen molar-refractivity contribution >= 4 is 11.6 Å². The third-order valence-electron chi connectivity index (χ3n) is 3.31. The van der Waals surface area contributed by atoms with E-state index in [0.29, 0.717) is 6.54 Å². The van der Waals surface area contributed by atoms with Gasteiger partial charge in [-0.05, 0) is 26.7 Å². The maximum atomic E-state index is 12.1. The van der Waals surface area contributed by atoms with Crippen molar-refractivity contribution in [1.82, 2.24) is 15.1 Å². The Balaban J connectivity index is 2.66. The largest absolute Gasteiger partial charge is 0.357 e. The van der Waals surface area contributed by atoms with Gasteiger partial charge in [0, 0.05) is 25.3 Å². The summed E-state index contributed by atoms with van der Waals surface area (Å²) in [5.74, 6) is 0.0752. The molecule has 1 aromatic heterocycles. The first-order valence-corrected chi connectivity index (χ1v) is 7.02. The summed E-state index contributed by atoms with van der Waals surface area (Å²) in [6.07, 6.45) is 5.67. The molecule has 1 heterocycles. The van der Waals surface area contributed by atoms with Gasteiger partial charge < -0.3 is 10.2 Å². The molecule has 1 aromatic rings. The van der Waals surface area contributed by atoms with Crippen molar-refractivity contribution in [2.24, 2.45) is 7.05 Å². The molecule has 0 fully saturated rings. The van der Waals surface area contributed by atoms with E-state index >= 15 is 0 Å². The molecule has 1 N–H and O–H groups in total. The van der Waals surface area contributed by atoms with Crippen molar-refractivity contribution in [3.63, 3.8) is 0 Å². The second-order valence-corrected chi connectivity index (χ2v) is 5.17. The first-order valence-electron chi connectivity index (χ1n) is 7.02. The molecule has 108 valence electrons. The third kappa shape index (κ3) is 4.58. The van der Waals surface area contributed by atoms with Crippen LogP contribution in [0.3, 0.4) is 0 Å². The molecule has 0 aliphatic rings. The fraction of sp³-hybridized carbons (Fsp3) is 0.714. The lowest BCUT2D eigenvalue weighted by molar-refractivity contribution is -0.120. The quantitative estimate of drug-likeness (QED) is 0.820. The van der Waals surface area contributed by atoms with E-state index in [0.717, 1.165) is 18.5 Å². The Labute approximate surface area is 116 Å². The molecule has 0 spiro atoms. The van der Waals surface area contributed by atoms with Gasteiger partial charge >= 0.3 is 0 Å². The molecular formula is C14H26N4O. The second-order valence-electron chi connectivity index (χ2n) is 5.17. The van der Waals surface area contributed by atoms with Crippen LogP contribution in [-0.2, 0) is 11.8 Å². The standard InChI is InChI=1S/C14H26N4O/c1-6-12(7-2)16-14(19)10-18(11(3)4)13-8-15-17(5)9-13/h8-9,11-12H,6-7,10H2,1-5H3,(H,16,19). The number of carbonyl (C=O) groups is 1. The van der Waals surface area contributed by atoms with Crippen LogP contribution in [0.2, 0.25) is 0 Å². The highest BCUT2D eigenvalue weighted by Gasteiger charge is 2.17. The van der Waals surface area contributed by atoms with E-state index in [1.54, 1.807) is 10.9 Å². The number of aryl methyl sites for hydroxylation is 1. The minimum Gasteiger partial charge on any atom is -0.357 e. The van der Waals surface area contributed by atoms with E-state index in [-0.39, 0.29) is 18.0 Å². The van der Waals surface area contributed by atoms with Crippen molar-refractivity contribution in [1.29, 1.82) is 0 Å². The number of anilines is 1. The summed E-state index contributed by atoms with van der Waals surface area (Å²) in [6.45, 7) is 8.72. The zero-order chi connectivity index (χ0) is 14.4. The van der Waals surface area contributed by atoms with Crippen molar-refractivity contribution < 1.29 is 4.79 Å². The molecular weight excluding hydrogens is 240 g/mol. The first kappa shape index (κ1) is 15.5. The molecule has 0 radical (unpaired) electrons. The second kappa shape index (κ2) is 7.16. The van der Waals surface area contributed by atoms with Gasteiger partial charge in [0.1, 0.15) is 0 Å². The van der Waals surface area contributed by atoms with Crippen molar-refractivity contribution in [2.45, 2.75) is 52.6 Å². The van der Waals surface area contributed by atoms with E-state index < -0.39 is 0 Å². The Bertz CT molecular complexity index is 396. The third-order valence-corrected chi connectivity index (χ3v) is 3.31. The molecule has 5 nitrogen and oxygen atoms in total. The Hall–Kier alpha value is -1.52. The minimum absolute atomic E-state index is 0.0752. The summed E-state index contributed by atoms with van der Waals surface area (Å²) < 4.78 is 1.75. The molecule has 19 heavy (non-hydrogen) atoms. The summed E-state index contributed by atoms with van der Waals surface area (Å²) in [7, 11) is 1.88. The lowest BCUT2D eigenvalue weighted by atomic mass is 10.2. The summed E-state index contributed by atoms with van der Waals surface area (Å²) >= 11 is 0. The van der Waals surface area contributed by atoms with Crippen molar-refractivity contribution in [2.75, 3.05) is 11.4 Å².